The van der Waals surface area contributed by atoms with Crippen molar-refractivity contribution in [1.29, 1.82) is 0 Å². The van der Waals surface area contributed by atoms with Crippen LogP contribution in [0.2, 0.25) is 5.02 Å². The highest BCUT2D eigenvalue weighted by Gasteiger charge is 2.16. The molecular weight excluding hydrogens is 506 g/mol. The molecule has 0 bridgehead atoms. The Morgan fingerprint density at radius 1 is 0.895 bits per heavy atom. The average Bonchev–Trinajstić information content (AvgIpc) is 2.95. The third-order valence-electron chi connectivity index (χ3n) is 6.31. The highest BCUT2D eigenvalue weighted by molar-refractivity contribution is 6.30. The van der Waals surface area contributed by atoms with Crippen molar-refractivity contribution < 1.29 is 14.2 Å². The smallest absolute Gasteiger partial charge is 0.330 e. The van der Waals surface area contributed by atoms with Gasteiger partial charge in [-0.05, 0) is 64.7 Å². The molecule has 0 fully saturated rings. The first-order valence-corrected chi connectivity index (χ1v) is 12.4. The van der Waals surface area contributed by atoms with E-state index >= 15 is 0 Å². The molecule has 190 valence electrons. The van der Waals surface area contributed by atoms with E-state index in [0.717, 1.165) is 16.7 Å². The number of hydrogen-bond donors (Lipinski definition) is 1. The van der Waals surface area contributed by atoms with Crippen molar-refractivity contribution in [2.75, 3.05) is 13.2 Å². The summed E-state index contributed by atoms with van der Waals surface area (Å²) in [7, 11) is 0. The molecule has 0 atom stereocenters. The normalized spacial score (nSPS) is 12.4. The standard InChI is InChI=1S/C29H22ClN3O5/c30-21-6-1-18(2-7-21)17-38-22-8-4-20(5-9-22)23-11-12-31-27-26(23)28(34)32-29(35)33(27)16-19-3-10-24-25(15-19)37-14-13-36-24/h1-12,15H,13-14,16-17H2,(H,32,34,35). The van der Waals surface area contributed by atoms with Crippen molar-refractivity contribution in [2.45, 2.75) is 13.2 Å². The minimum Gasteiger partial charge on any atom is -0.489 e. The quantitative estimate of drug-likeness (QED) is 0.341. The van der Waals surface area contributed by atoms with E-state index in [9.17, 15) is 9.59 Å². The number of aromatic amines is 1. The van der Waals surface area contributed by atoms with Crippen LogP contribution < -0.4 is 25.5 Å². The fourth-order valence-electron chi connectivity index (χ4n) is 4.44. The zero-order valence-electron chi connectivity index (χ0n) is 20.1. The fourth-order valence-corrected chi connectivity index (χ4v) is 4.56. The van der Waals surface area contributed by atoms with E-state index in [2.05, 4.69) is 9.97 Å². The number of fused-ring (bicyclic) bond motifs is 2. The lowest BCUT2D eigenvalue weighted by Gasteiger charge is -2.19. The van der Waals surface area contributed by atoms with Crippen molar-refractivity contribution in [2.24, 2.45) is 0 Å². The Morgan fingerprint density at radius 2 is 1.63 bits per heavy atom. The highest BCUT2D eigenvalue weighted by Crippen LogP contribution is 2.31. The highest BCUT2D eigenvalue weighted by atomic mass is 35.5. The summed E-state index contributed by atoms with van der Waals surface area (Å²) in [5, 5.41) is 1.01. The molecule has 0 spiro atoms. The van der Waals surface area contributed by atoms with Crippen LogP contribution >= 0.6 is 11.6 Å². The van der Waals surface area contributed by atoms with Crippen LogP contribution in [0.4, 0.5) is 0 Å². The van der Waals surface area contributed by atoms with E-state index in [1.807, 2.05) is 66.7 Å². The largest absolute Gasteiger partial charge is 0.489 e. The molecular formula is C29H22ClN3O5. The Hall–Kier alpha value is -4.56. The molecule has 3 aromatic carbocycles. The molecule has 8 nitrogen and oxygen atoms in total. The first kappa shape index (κ1) is 23.8. The van der Waals surface area contributed by atoms with Gasteiger partial charge in [0, 0.05) is 11.2 Å². The number of pyridine rings is 1. The monoisotopic (exact) mass is 527 g/mol. The van der Waals surface area contributed by atoms with Crippen LogP contribution in [0.3, 0.4) is 0 Å². The predicted molar refractivity (Wildman–Crippen MR) is 144 cm³/mol. The van der Waals surface area contributed by atoms with Crippen LogP contribution in [0.15, 0.2) is 88.6 Å². The van der Waals surface area contributed by atoms with Gasteiger partial charge in [0.05, 0.1) is 11.9 Å². The summed E-state index contributed by atoms with van der Waals surface area (Å²) in [5.41, 5.74) is 2.56. The van der Waals surface area contributed by atoms with Gasteiger partial charge in [0.25, 0.3) is 5.56 Å². The number of nitrogens with zero attached hydrogens (tertiary/aromatic N) is 2. The van der Waals surface area contributed by atoms with E-state index in [4.69, 9.17) is 25.8 Å². The zero-order chi connectivity index (χ0) is 26.1. The van der Waals surface area contributed by atoms with Crippen LogP contribution in [0.25, 0.3) is 22.2 Å². The first-order chi connectivity index (χ1) is 18.5. The van der Waals surface area contributed by atoms with Crippen molar-refractivity contribution >= 4 is 22.6 Å². The Kier molecular flexibility index (Phi) is 6.31. The number of hydrogen-bond acceptors (Lipinski definition) is 6. The van der Waals surface area contributed by atoms with Gasteiger partial charge in [-0.1, -0.05) is 41.9 Å². The fraction of sp³-hybridized carbons (Fsp3) is 0.138. The summed E-state index contributed by atoms with van der Waals surface area (Å²) in [5.74, 6) is 1.98. The van der Waals surface area contributed by atoms with Crippen molar-refractivity contribution in [3.63, 3.8) is 0 Å². The van der Waals surface area contributed by atoms with Gasteiger partial charge in [-0.2, -0.15) is 0 Å². The van der Waals surface area contributed by atoms with E-state index < -0.39 is 11.2 Å². The summed E-state index contributed by atoms with van der Waals surface area (Å²) in [6.45, 7) is 1.57. The molecule has 0 saturated heterocycles. The van der Waals surface area contributed by atoms with Crippen LogP contribution in [-0.4, -0.2) is 27.7 Å². The molecule has 1 N–H and O–H groups in total. The maximum atomic E-state index is 13.0. The van der Waals surface area contributed by atoms with Gasteiger partial charge in [-0.15, -0.1) is 0 Å². The predicted octanol–water partition coefficient (Wildman–Crippen LogP) is 4.80. The minimum atomic E-state index is -0.534. The Balaban J connectivity index is 1.31. The lowest BCUT2D eigenvalue weighted by atomic mass is 10.0. The molecule has 6 rings (SSSR count). The number of aromatic nitrogens is 3. The summed E-state index contributed by atoms with van der Waals surface area (Å²) in [6.07, 6.45) is 1.60. The second kappa shape index (κ2) is 10.1. The topological polar surface area (TPSA) is 95.4 Å². The number of nitrogens with one attached hydrogen (secondary N) is 1. The molecule has 0 radical (unpaired) electrons. The summed E-state index contributed by atoms with van der Waals surface area (Å²) >= 11 is 5.94. The number of halogens is 1. The third kappa shape index (κ3) is 4.73. The van der Waals surface area contributed by atoms with Crippen molar-refractivity contribution in [1.82, 2.24) is 14.5 Å². The molecule has 5 aromatic rings. The molecule has 0 saturated carbocycles. The molecule has 2 aromatic heterocycles. The molecule has 0 amide bonds. The van der Waals surface area contributed by atoms with Gasteiger partial charge in [0.1, 0.15) is 31.2 Å². The van der Waals surface area contributed by atoms with Crippen LogP contribution in [-0.2, 0) is 13.2 Å². The molecule has 9 heteroatoms. The number of rotatable bonds is 6. The number of benzene rings is 3. The summed E-state index contributed by atoms with van der Waals surface area (Å²) < 4.78 is 18.6. The van der Waals surface area contributed by atoms with E-state index in [1.54, 1.807) is 12.3 Å². The molecule has 38 heavy (non-hydrogen) atoms. The Labute approximate surface area is 222 Å². The van der Waals surface area contributed by atoms with Crippen LogP contribution in [0.1, 0.15) is 11.1 Å². The molecule has 1 aliphatic rings. The summed E-state index contributed by atoms with van der Waals surface area (Å²) in [4.78, 5) is 32.7. The lowest BCUT2D eigenvalue weighted by Crippen LogP contribution is -2.31. The lowest BCUT2D eigenvalue weighted by molar-refractivity contribution is 0.171. The van der Waals surface area contributed by atoms with Gasteiger partial charge in [-0.3, -0.25) is 14.3 Å². The second-order valence-corrected chi connectivity index (χ2v) is 9.26. The number of H-pyrrole nitrogens is 1. The van der Waals surface area contributed by atoms with Crippen molar-refractivity contribution in [3.8, 4) is 28.4 Å². The maximum absolute atomic E-state index is 13.0. The van der Waals surface area contributed by atoms with Gasteiger partial charge in [0.2, 0.25) is 0 Å². The Bertz CT molecular complexity index is 1740. The van der Waals surface area contributed by atoms with Gasteiger partial charge in [-0.25, -0.2) is 9.78 Å². The third-order valence-corrected chi connectivity index (χ3v) is 6.56. The Morgan fingerprint density at radius 3 is 2.42 bits per heavy atom. The van der Waals surface area contributed by atoms with Gasteiger partial charge < -0.3 is 14.2 Å². The summed E-state index contributed by atoms with van der Waals surface area (Å²) in [6, 6.07) is 22.2. The van der Waals surface area contributed by atoms with Crippen LogP contribution in [0, 0.1) is 0 Å². The van der Waals surface area contributed by atoms with Gasteiger partial charge >= 0.3 is 5.69 Å². The van der Waals surface area contributed by atoms with Crippen molar-refractivity contribution in [3.05, 3.63) is 116 Å². The van der Waals surface area contributed by atoms with E-state index in [0.29, 0.717) is 58.7 Å². The maximum Gasteiger partial charge on any atom is 0.330 e. The molecule has 3 heterocycles. The van der Waals surface area contributed by atoms with E-state index in [-0.39, 0.29) is 6.54 Å². The SMILES string of the molecule is O=c1[nH]c(=O)n(Cc2ccc3c(c2)OCCO3)c2nccc(-c3ccc(OCc4ccc(Cl)cc4)cc3)c12. The molecule has 0 aliphatic carbocycles. The first-order valence-electron chi connectivity index (χ1n) is 12.0. The average molecular weight is 528 g/mol. The molecule has 0 unspecified atom stereocenters. The van der Waals surface area contributed by atoms with Crippen LogP contribution in [0.5, 0.6) is 17.2 Å². The molecule has 1 aliphatic heterocycles. The second-order valence-electron chi connectivity index (χ2n) is 8.82. The number of ether oxygens (including phenoxy) is 3. The van der Waals surface area contributed by atoms with Gasteiger partial charge in [0.15, 0.2) is 11.5 Å². The van der Waals surface area contributed by atoms with E-state index in [1.165, 1.54) is 4.57 Å². The zero-order valence-corrected chi connectivity index (χ0v) is 20.9. The minimum absolute atomic E-state index is 0.205.